The van der Waals surface area contributed by atoms with Crippen molar-refractivity contribution in [2.24, 2.45) is 0 Å². The number of halogens is 1. The number of ether oxygens (including phenoxy) is 1. The van der Waals surface area contributed by atoms with Gasteiger partial charge < -0.3 is 19.9 Å². The number of imidazole rings is 1. The Balaban J connectivity index is 0.00000122. The topological polar surface area (TPSA) is 70.2 Å². The number of aromatic nitrogens is 2. The molecule has 1 heterocycles. The molecular formula is C21H31BrN4O2. The van der Waals surface area contributed by atoms with Gasteiger partial charge in [-0.25, -0.2) is 4.98 Å². The summed E-state index contributed by atoms with van der Waals surface area (Å²) < 4.78 is 5.95. The van der Waals surface area contributed by atoms with Crippen molar-refractivity contribution >= 4 is 21.8 Å². The van der Waals surface area contributed by atoms with Gasteiger partial charge in [-0.05, 0) is 30.7 Å². The molecule has 2 aromatic rings. The zero-order chi connectivity index (χ0) is 20.9. The van der Waals surface area contributed by atoms with Gasteiger partial charge in [0.05, 0.1) is 32.1 Å². The molecule has 2 N–H and O–H groups in total. The maximum absolute atomic E-state index is 12.4. The summed E-state index contributed by atoms with van der Waals surface area (Å²) in [5.74, 6) is 1.10. The van der Waals surface area contributed by atoms with Gasteiger partial charge in [-0.15, -0.1) is 0 Å². The lowest BCUT2D eigenvalue weighted by Crippen LogP contribution is -2.38. The minimum atomic E-state index is -0.0263. The molecular weight excluding hydrogens is 420 g/mol. The number of nitrogens with one attached hydrogen (secondary N) is 2. The van der Waals surface area contributed by atoms with Crippen molar-refractivity contribution in [3.8, 4) is 11.3 Å². The number of carbonyl (C=O) groups is 1. The Bertz CT molecular complexity index is 728. The number of amides is 1. The lowest BCUT2D eigenvalue weighted by molar-refractivity contribution is -0.131. The molecule has 0 unspecified atom stereocenters. The molecule has 0 aliphatic heterocycles. The first-order valence-corrected chi connectivity index (χ1v) is 10.3. The molecule has 0 spiro atoms. The fourth-order valence-electron chi connectivity index (χ4n) is 2.32. The Morgan fingerprint density at radius 3 is 2.50 bits per heavy atom. The van der Waals surface area contributed by atoms with Gasteiger partial charge in [0.15, 0.2) is 5.88 Å². The first kappa shape index (κ1) is 23.8. The highest BCUT2D eigenvalue weighted by molar-refractivity contribution is 9.10. The van der Waals surface area contributed by atoms with Crippen LogP contribution in [0, 0.1) is 0 Å². The average molecular weight is 451 g/mol. The summed E-state index contributed by atoms with van der Waals surface area (Å²) in [5.41, 5.74) is 1.98. The Labute approximate surface area is 176 Å². The lowest BCUT2D eigenvalue weighted by Gasteiger charge is -2.21. The van der Waals surface area contributed by atoms with Crippen LogP contribution in [0.4, 0.5) is 0 Å². The summed E-state index contributed by atoms with van der Waals surface area (Å²) in [5, 5.41) is 2.85. The minimum Gasteiger partial charge on any atom is -0.483 e. The van der Waals surface area contributed by atoms with Crippen molar-refractivity contribution in [3.05, 3.63) is 53.2 Å². The average Bonchev–Trinajstić information content (AvgIpc) is 3.15. The second-order valence-corrected chi connectivity index (χ2v) is 7.17. The SMILES string of the molecule is C=C(NCC(=O)N(CCC)Cc1ncc(-c2ccc(Br)cc2)[nH]1)OC.CCC. The number of hydrogen-bond donors (Lipinski definition) is 2. The van der Waals surface area contributed by atoms with Gasteiger partial charge in [0.2, 0.25) is 5.91 Å². The lowest BCUT2D eigenvalue weighted by atomic mass is 10.2. The minimum absolute atomic E-state index is 0.0263. The van der Waals surface area contributed by atoms with Gasteiger partial charge >= 0.3 is 0 Å². The summed E-state index contributed by atoms with van der Waals surface area (Å²) in [6.45, 7) is 11.2. The summed E-state index contributed by atoms with van der Waals surface area (Å²) in [6.07, 6.45) is 3.91. The van der Waals surface area contributed by atoms with Crippen molar-refractivity contribution in [2.75, 3.05) is 20.2 Å². The van der Waals surface area contributed by atoms with Crippen LogP contribution in [-0.4, -0.2) is 41.0 Å². The molecule has 0 saturated carbocycles. The van der Waals surface area contributed by atoms with Gasteiger partial charge in [0.1, 0.15) is 5.82 Å². The molecule has 0 atom stereocenters. The van der Waals surface area contributed by atoms with Crippen LogP contribution in [0.2, 0.25) is 0 Å². The smallest absolute Gasteiger partial charge is 0.242 e. The Morgan fingerprint density at radius 2 is 1.93 bits per heavy atom. The van der Waals surface area contributed by atoms with E-state index in [9.17, 15) is 4.79 Å². The zero-order valence-electron chi connectivity index (χ0n) is 17.2. The maximum Gasteiger partial charge on any atom is 0.242 e. The van der Waals surface area contributed by atoms with Gasteiger partial charge in [-0.1, -0.05) is 55.3 Å². The number of methoxy groups -OCH3 is 1. The van der Waals surface area contributed by atoms with E-state index < -0.39 is 0 Å². The van der Waals surface area contributed by atoms with Crippen molar-refractivity contribution in [3.63, 3.8) is 0 Å². The first-order chi connectivity index (χ1) is 13.4. The quantitative estimate of drug-likeness (QED) is 0.543. The number of carbonyl (C=O) groups excluding carboxylic acids is 1. The van der Waals surface area contributed by atoms with E-state index in [0.717, 1.165) is 28.0 Å². The fourth-order valence-corrected chi connectivity index (χ4v) is 2.58. The number of rotatable bonds is 9. The monoisotopic (exact) mass is 450 g/mol. The number of aromatic amines is 1. The molecule has 7 heteroatoms. The van der Waals surface area contributed by atoms with E-state index in [0.29, 0.717) is 19.0 Å². The Kier molecular flexibility index (Phi) is 11.0. The summed E-state index contributed by atoms with van der Waals surface area (Å²) in [6, 6.07) is 7.99. The third-order valence-corrected chi connectivity index (χ3v) is 4.18. The molecule has 1 aromatic carbocycles. The second-order valence-electron chi connectivity index (χ2n) is 6.25. The molecule has 0 saturated heterocycles. The maximum atomic E-state index is 12.4. The molecule has 0 bridgehead atoms. The second kappa shape index (κ2) is 13.0. The summed E-state index contributed by atoms with van der Waals surface area (Å²) >= 11 is 3.43. The molecule has 1 aromatic heterocycles. The van der Waals surface area contributed by atoms with E-state index >= 15 is 0 Å². The Morgan fingerprint density at radius 1 is 1.29 bits per heavy atom. The molecule has 6 nitrogen and oxygen atoms in total. The van der Waals surface area contributed by atoms with Gasteiger partial charge in [-0.3, -0.25) is 4.79 Å². The predicted molar refractivity (Wildman–Crippen MR) is 118 cm³/mol. The van der Waals surface area contributed by atoms with Crippen LogP contribution >= 0.6 is 15.9 Å². The highest BCUT2D eigenvalue weighted by Crippen LogP contribution is 2.20. The van der Waals surface area contributed by atoms with Crippen LogP contribution in [0.25, 0.3) is 11.3 Å². The van der Waals surface area contributed by atoms with Gasteiger partial charge in [0, 0.05) is 11.0 Å². The first-order valence-electron chi connectivity index (χ1n) is 9.49. The number of hydrogen-bond acceptors (Lipinski definition) is 4. The van der Waals surface area contributed by atoms with E-state index in [1.807, 2.05) is 31.2 Å². The summed E-state index contributed by atoms with van der Waals surface area (Å²) in [7, 11) is 1.51. The largest absolute Gasteiger partial charge is 0.483 e. The van der Waals surface area contributed by atoms with Crippen LogP contribution in [0.3, 0.4) is 0 Å². The van der Waals surface area contributed by atoms with E-state index in [1.54, 1.807) is 11.1 Å². The highest BCUT2D eigenvalue weighted by atomic mass is 79.9. The van der Waals surface area contributed by atoms with Gasteiger partial charge in [-0.2, -0.15) is 0 Å². The van der Waals surface area contributed by atoms with E-state index in [1.165, 1.54) is 13.5 Å². The normalized spacial score (nSPS) is 9.89. The fraction of sp³-hybridized carbons (Fsp3) is 0.429. The molecule has 0 aliphatic carbocycles. The zero-order valence-corrected chi connectivity index (χ0v) is 18.8. The third kappa shape index (κ3) is 8.17. The molecule has 0 fully saturated rings. The third-order valence-electron chi connectivity index (χ3n) is 3.65. The Hall–Kier alpha value is -2.28. The summed E-state index contributed by atoms with van der Waals surface area (Å²) in [4.78, 5) is 21.8. The standard InChI is InChI=1S/C18H23BrN4O2.C3H8/c1-4-9-23(18(24)11-20-13(2)25-3)12-17-21-10-16(22-17)14-5-7-15(19)8-6-14;1-3-2/h5-8,10,20H,2,4,9,11-12H2,1,3H3,(H,21,22);3H2,1-2H3. The number of nitrogens with zero attached hydrogens (tertiary/aromatic N) is 2. The number of H-pyrrole nitrogens is 1. The van der Waals surface area contributed by atoms with Gasteiger partial charge in [0.25, 0.3) is 0 Å². The van der Waals surface area contributed by atoms with Crippen LogP contribution in [0.1, 0.15) is 39.4 Å². The molecule has 0 radical (unpaired) electrons. The van der Waals surface area contributed by atoms with Crippen molar-refractivity contribution in [1.29, 1.82) is 0 Å². The van der Waals surface area contributed by atoms with E-state index in [-0.39, 0.29) is 12.5 Å². The van der Waals surface area contributed by atoms with Crippen molar-refractivity contribution in [1.82, 2.24) is 20.2 Å². The predicted octanol–water partition coefficient (Wildman–Crippen LogP) is 4.70. The van der Waals surface area contributed by atoms with Crippen LogP contribution in [0.15, 0.2) is 47.4 Å². The molecule has 154 valence electrons. The molecule has 0 aliphatic rings. The van der Waals surface area contributed by atoms with Crippen LogP contribution < -0.4 is 5.32 Å². The van der Waals surface area contributed by atoms with E-state index in [2.05, 4.69) is 51.6 Å². The van der Waals surface area contributed by atoms with Crippen LogP contribution in [0.5, 0.6) is 0 Å². The number of benzene rings is 1. The molecule has 2 rings (SSSR count). The van der Waals surface area contributed by atoms with Crippen molar-refractivity contribution < 1.29 is 9.53 Å². The molecule has 28 heavy (non-hydrogen) atoms. The van der Waals surface area contributed by atoms with Crippen LogP contribution in [-0.2, 0) is 16.1 Å². The molecule has 1 amide bonds. The van der Waals surface area contributed by atoms with Crippen molar-refractivity contribution in [2.45, 2.75) is 40.2 Å². The van der Waals surface area contributed by atoms with E-state index in [4.69, 9.17) is 4.74 Å². The highest BCUT2D eigenvalue weighted by Gasteiger charge is 2.15.